The number of hydrogen-bond acceptors (Lipinski definition) is 0. The van der Waals surface area contributed by atoms with Crippen molar-refractivity contribution >= 4 is 18.9 Å². The Morgan fingerprint density at radius 1 is 0.875 bits per heavy atom. The van der Waals surface area contributed by atoms with Crippen molar-refractivity contribution in [3.8, 4) is 0 Å². The Kier molecular flexibility index (Phi) is 704. The molecule has 0 heterocycles. The van der Waals surface area contributed by atoms with E-state index in [0.717, 1.165) is 11.3 Å². The molecule has 0 amide bonds. The van der Waals surface area contributed by atoms with Crippen molar-refractivity contribution in [3.63, 3.8) is 0 Å². The molecule has 24 heavy (non-hydrogen) atoms. The molecule has 0 aliphatic rings. The van der Waals surface area contributed by atoms with E-state index in [9.17, 15) is 0 Å². The second-order valence-corrected chi connectivity index (χ2v) is 2.33. The number of rotatable bonds is 2. The largest absolute Gasteiger partial charge is 0 e. The summed E-state index contributed by atoms with van der Waals surface area (Å²) in [5.41, 5.74) is 0.773. The molecule has 0 saturated carbocycles. The summed E-state index contributed by atoms with van der Waals surface area (Å²) < 4.78 is 45.0. The van der Waals surface area contributed by atoms with Crippen LogP contribution in [0.1, 0.15) is 27.2 Å². The first-order valence-electron chi connectivity index (χ1n) is 4.63. The maximum Gasteiger partial charge on any atom is 0 e. The van der Waals surface area contributed by atoms with Gasteiger partial charge in [-0.05, 0) is 19.0 Å². The minimum Gasteiger partial charge on any atom is 0 e. The maximum atomic E-state index is 8.02. The van der Waals surface area contributed by atoms with E-state index in [1.54, 1.807) is 13.0 Å². The quantitative estimate of drug-likeness (QED) is 0.263. The van der Waals surface area contributed by atoms with Gasteiger partial charge in [0.1, 0.15) is 5.75 Å². The van der Waals surface area contributed by atoms with E-state index >= 15 is 0 Å². The van der Waals surface area contributed by atoms with Crippen LogP contribution < -0.4 is 0 Å². The topological polar surface area (TPSA) is 141 Å². The Morgan fingerprint density at radius 3 is 1.04 bits per heavy atom. The molecule has 0 saturated heterocycles. The van der Waals surface area contributed by atoms with Gasteiger partial charge >= 0.3 is 67.8 Å². The van der Waals surface area contributed by atoms with Gasteiger partial charge in [0.25, 0.3) is 0 Å². The van der Waals surface area contributed by atoms with Gasteiger partial charge in [-0.25, -0.2) is 6.08 Å². The molecular weight excluding hydrogens is 424 g/mol. The fourth-order valence-electron chi connectivity index (χ4n) is 0.0645. The SMILES string of the molecule is C/C=C(\C)[C-]=[OH+].CCC[SH2+].[C-]#[O+].[C-]#[O+].[C-]#[O+].[C-]#[O+].[C-]#[O+].[C-]#[O+].[Fe].[Fe]. The molecule has 0 aromatic carbocycles. The average Bonchev–Trinajstić information content (AvgIpc) is 2.70. The molecule has 10 heteroatoms. The molecule has 0 fully saturated rings. The summed E-state index contributed by atoms with van der Waals surface area (Å²) in [6.07, 6.45) is 4.99. The zero-order chi connectivity index (χ0) is 20.4. The third kappa shape index (κ3) is 484. The predicted octanol–water partition coefficient (Wildman–Crippen LogP) is 1.18. The summed E-state index contributed by atoms with van der Waals surface area (Å²) in [5, 5.41) is 0. The van der Waals surface area contributed by atoms with Crippen molar-refractivity contribution in [2.75, 3.05) is 5.75 Å². The first kappa shape index (κ1) is 65.6. The number of hydrogen-bond donors (Lipinski definition) is 0. The van der Waals surface area contributed by atoms with Crippen LogP contribution in [0.25, 0.3) is 0 Å². The van der Waals surface area contributed by atoms with Gasteiger partial charge < -0.3 is 4.79 Å². The molecule has 0 unspecified atom stereocenters. The molecule has 0 radical (unpaired) electrons. The fraction of sp³-hybridized carbons (Fsp3) is 0.357. The van der Waals surface area contributed by atoms with Crippen molar-refractivity contribution in [1.29, 1.82) is 0 Å². The van der Waals surface area contributed by atoms with E-state index < -0.39 is 0 Å². The first-order chi connectivity index (χ1) is 10.7. The van der Waals surface area contributed by atoms with Gasteiger partial charge in [-0.1, -0.05) is 13.8 Å². The van der Waals surface area contributed by atoms with Crippen LogP contribution >= 0.6 is 0 Å². The Bertz CT molecular complexity index is 257. The van der Waals surface area contributed by atoms with E-state index in [0.29, 0.717) is 0 Å². The summed E-state index contributed by atoms with van der Waals surface area (Å²) in [6, 6.07) is 0. The van der Waals surface area contributed by atoms with Crippen LogP contribution in [0.5, 0.6) is 0 Å². The summed E-state index contributed by atoms with van der Waals surface area (Å²) in [4.78, 5) is 8.02. The minimum absolute atomic E-state index is 0. The van der Waals surface area contributed by atoms with Crippen LogP contribution in [0.2, 0.25) is 0 Å². The van der Waals surface area contributed by atoms with Crippen molar-refractivity contribution in [3.05, 3.63) is 51.6 Å². The van der Waals surface area contributed by atoms with Crippen molar-refractivity contribution in [2.45, 2.75) is 27.2 Å². The Hall–Kier alpha value is -0.761. The molecule has 0 atom stereocenters. The van der Waals surface area contributed by atoms with E-state index in [2.05, 4.69) is 59.5 Å². The van der Waals surface area contributed by atoms with Crippen molar-refractivity contribution < 1.29 is 66.8 Å². The van der Waals surface area contributed by atoms with Crippen LogP contribution in [-0.2, 0) is 74.7 Å². The molecule has 0 aliphatic heterocycles. The van der Waals surface area contributed by atoms with Crippen molar-refractivity contribution in [1.82, 2.24) is 0 Å². The van der Waals surface area contributed by atoms with Crippen LogP contribution in [0.15, 0.2) is 11.6 Å². The third-order valence-corrected chi connectivity index (χ3v) is 1.36. The summed E-state index contributed by atoms with van der Waals surface area (Å²) in [6.45, 7) is 32.8. The van der Waals surface area contributed by atoms with Crippen LogP contribution in [0.3, 0.4) is 0 Å². The molecule has 0 aromatic heterocycles. The van der Waals surface area contributed by atoms with E-state index in [1.165, 1.54) is 6.42 Å². The van der Waals surface area contributed by atoms with Gasteiger partial charge in [0.2, 0.25) is 6.29 Å². The van der Waals surface area contributed by atoms with E-state index in [-0.39, 0.29) is 34.1 Å². The second kappa shape index (κ2) is 258. The molecular formula is C14H17Fe2O7S+. The monoisotopic (exact) mass is 441 g/mol. The summed E-state index contributed by atoms with van der Waals surface area (Å²) >= 11 is 3.29. The summed E-state index contributed by atoms with van der Waals surface area (Å²) in [5.74, 6) is 1.12. The van der Waals surface area contributed by atoms with Gasteiger partial charge in [0.15, 0.2) is 0 Å². The second-order valence-electron chi connectivity index (χ2n) is 1.83. The molecule has 7 nitrogen and oxygen atoms in total. The standard InChI is InChI=1S/C5H8O.C3H8S.6CO.2Fe/c1-3-5(2)4-6;1-2-3-4;6*1-2;;/h3,6H,1-2H3;4H,2-3H2,1H3;;;;;;;;/p+1/b5-3+;;;;;;;;;. The van der Waals surface area contributed by atoms with Crippen LogP contribution in [0.4, 0.5) is 0 Å². The predicted molar refractivity (Wildman–Crippen MR) is 75.3 cm³/mol. The van der Waals surface area contributed by atoms with Gasteiger partial charge in [0, 0.05) is 34.1 Å². The number of carbonyl (C=O) groups excluding carboxylic acids is 1. The minimum atomic E-state index is 0. The fourth-order valence-corrected chi connectivity index (χ4v) is 0.0645. The molecule has 0 spiro atoms. The average molecular weight is 441 g/mol. The summed E-state index contributed by atoms with van der Waals surface area (Å²) in [7, 11) is 0. The Labute approximate surface area is 170 Å². The molecule has 136 valence electrons. The number of allylic oxidation sites excluding steroid dienone is 2. The van der Waals surface area contributed by atoms with Crippen LogP contribution in [-0.4, -0.2) is 16.8 Å². The first-order valence-corrected chi connectivity index (χ1v) is 5.33. The van der Waals surface area contributed by atoms with Crippen molar-refractivity contribution in [2.24, 2.45) is 0 Å². The third-order valence-electron chi connectivity index (χ3n) is 0.859. The van der Waals surface area contributed by atoms with Gasteiger partial charge in [0.05, 0.1) is 0 Å². The molecule has 0 aromatic rings. The van der Waals surface area contributed by atoms with Crippen LogP contribution in [0, 0.1) is 39.9 Å². The molecule has 0 aliphatic carbocycles. The molecule has 0 bridgehead atoms. The zero-order valence-electron chi connectivity index (χ0n) is 13.1. The molecule has 1 N–H and O–H groups in total. The smallest absolute Gasteiger partial charge is 0 e. The van der Waals surface area contributed by atoms with Gasteiger partial charge in [-0.3, -0.25) is 0 Å². The Morgan fingerprint density at radius 2 is 1.04 bits per heavy atom. The molecule has 0 rings (SSSR count). The maximum absolute atomic E-state index is 8.02. The Balaban J connectivity index is -0.0000000123. The zero-order valence-corrected chi connectivity index (χ0v) is 16.3. The van der Waals surface area contributed by atoms with E-state index in [4.69, 9.17) is 32.7 Å². The van der Waals surface area contributed by atoms with Gasteiger partial charge in [-0.2, -0.15) is 0 Å². The van der Waals surface area contributed by atoms with E-state index in [1.807, 2.05) is 13.2 Å². The normalized spacial score (nSPS) is 4.58. The van der Waals surface area contributed by atoms with Gasteiger partial charge in [-0.15, -0.1) is 12.5 Å².